The zero-order valence-corrected chi connectivity index (χ0v) is 7.38. The minimum Gasteiger partial charge on any atom is -0.300 e. The summed E-state index contributed by atoms with van der Waals surface area (Å²) in [6, 6.07) is 0. The van der Waals surface area contributed by atoms with Crippen LogP contribution in [-0.4, -0.2) is 11.6 Å². The summed E-state index contributed by atoms with van der Waals surface area (Å²) in [7, 11) is 0. The van der Waals surface area contributed by atoms with Gasteiger partial charge in [-0.1, -0.05) is 0 Å². The highest BCUT2D eigenvalue weighted by atomic mass is 16.1. The Hall–Kier alpha value is -0.660. The van der Waals surface area contributed by atoms with E-state index in [0.29, 0.717) is 30.0 Å². The van der Waals surface area contributed by atoms with E-state index in [2.05, 4.69) is 0 Å². The molecule has 3 atom stereocenters. The maximum absolute atomic E-state index is 11.2. The molecular formula is C10H14O2. The lowest BCUT2D eigenvalue weighted by molar-refractivity contribution is -0.124. The molecule has 2 heteroatoms. The van der Waals surface area contributed by atoms with E-state index in [4.69, 9.17) is 0 Å². The van der Waals surface area contributed by atoms with Gasteiger partial charge in [-0.15, -0.1) is 0 Å². The molecule has 12 heavy (non-hydrogen) atoms. The summed E-state index contributed by atoms with van der Waals surface area (Å²) in [5.74, 6) is 2.18. The van der Waals surface area contributed by atoms with Crippen LogP contribution in [0.5, 0.6) is 0 Å². The van der Waals surface area contributed by atoms with E-state index in [1.807, 2.05) is 0 Å². The van der Waals surface area contributed by atoms with Crippen molar-refractivity contribution in [3.8, 4) is 0 Å². The minimum absolute atomic E-state index is 0.278. The molecule has 0 aromatic heterocycles. The van der Waals surface area contributed by atoms with Crippen LogP contribution in [0.4, 0.5) is 0 Å². The SMILES string of the molecule is CC(=O)CC1CCC(=O)C2CC12. The molecule has 2 rings (SSSR count). The molecule has 0 heterocycles. The van der Waals surface area contributed by atoms with Gasteiger partial charge < -0.3 is 4.79 Å². The van der Waals surface area contributed by atoms with Crippen molar-refractivity contribution in [1.29, 1.82) is 0 Å². The molecule has 0 aliphatic heterocycles. The zero-order valence-electron chi connectivity index (χ0n) is 7.38. The lowest BCUT2D eigenvalue weighted by Crippen LogP contribution is -2.19. The molecule has 3 unspecified atom stereocenters. The molecule has 66 valence electrons. The Morgan fingerprint density at radius 1 is 1.58 bits per heavy atom. The average molecular weight is 166 g/mol. The maximum atomic E-state index is 11.2. The van der Waals surface area contributed by atoms with Gasteiger partial charge in [0.05, 0.1) is 0 Å². The second-order valence-corrected chi connectivity index (χ2v) is 4.18. The highest BCUT2D eigenvalue weighted by Gasteiger charge is 2.50. The predicted octanol–water partition coefficient (Wildman–Crippen LogP) is 1.58. The number of hydrogen-bond acceptors (Lipinski definition) is 2. The first kappa shape index (κ1) is 7.96. The quantitative estimate of drug-likeness (QED) is 0.624. The van der Waals surface area contributed by atoms with Crippen LogP contribution in [-0.2, 0) is 9.59 Å². The Kier molecular flexibility index (Phi) is 1.78. The molecule has 0 aromatic carbocycles. The fourth-order valence-corrected chi connectivity index (χ4v) is 2.46. The topological polar surface area (TPSA) is 34.1 Å². The van der Waals surface area contributed by atoms with Gasteiger partial charge in [-0.2, -0.15) is 0 Å². The summed E-state index contributed by atoms with van der Waals surface area (Å²) in [6.45, 7) is 1.65. The largest absolute Gasteiger partial charge is 0.300 e. The van der Waals surface area contributed by atoms with Gasteiger partial charge in [0.1, 0.15) is 11.6 Å². The van der Waals surface area contributed by atoms with E-state index in [1.165, 1.54) is 0 Å². The highest BCUT2D eigenvalue weighted by molar-refractivity contribution is 5.85. The fraction of sp³-hybridized carbons (Fsp3) is 0.800. The summed E-state index contributed by atoms with van der Waals surface area (Å²) in [5.41, 5.74) is 0. The Balaban J connectivity index is 1.94. The lowest BCUT2D eigenvalue weighted by Gasteiger charge is -2.18. The van der Waals surface area contributed by atoms with Crippen molar-refractivity contribution < 1.29 is 9.59 Å². The van der Waals surface area contributed by atoms with Crippen molar-refractivity contribution in [3.05, 3.63) is 0 Å². The molecule has 2 aliphatic carbocycles. The van der Waals surface area contributed by atoms with Crippen molar-refractivity contribution in [2.45, 2.75) is 32.6 Å². The first-order valence-corrected chi connectivity index (χ1v) is 4.70. The Labute approximate surface area is 72.3 Å². The third kappa shape index (κ3) is 1.30. The molecular weight excluding hydrogens is 152 g/mol. The monoisotopic (exact) mass is 166 g/mol. The van der Waals surface area contributed by atoms with Crippen molar-refractivity contribution in [2.24, 2.45) is 17.8 Å². The Morgan fingerprint density at radius 3 is 3.00 bits per heavy atom. The van der Waals surface area contributed by atoms with Gasteiger partial charge in [0.15, 0.2) is 0 Å². The van der Waals surface area contributed by atoms with Crippen LogP contribution in [0.2, 0.25) is 0 Å². The second kappa shape index (κ2) is 2.68. The van der Waals surface area contributed by atoms with Gasteiger partial charge in [0.2, 0.25) is 0 Å². The summed E-state index contributed by atoms with van der Waals surface area (Å²) < 4.78 is 0. The first-order chi connectivity index (χ1) is 5.68. The number of Topliss-reactive ketones (excluding diaryl/α,β-unsaturated/α-hetero) is 2. The van der Waals surface area contributed by atoms with Gasteiger partial charge >= 0.3 is 0 Å². The van der Waals surface area contributed by atoms with Crippen LogP contribution in [0.15, 0.2) is 0 Å². The molecule has 0 radical (unpaired) electrons. The summed E-state index contributed by atoms with van der Waals surface area (Å²) in [4.78, 5) is 22.1. The molecule has 0 amide bonds. The van der Waals surface area contributed by atoms with Gasteiger partial charge in [0.25, 0.3) is 0 Å². The van der Waals surface area contributed by atoms with E-state index in [9.17, 15) is 9.59 Å². The Bertz CT molecular complexity index is 232. The number of carbonyl (C=O) groups excluding carboxylic acids is 2. The normalized spacial score (nSPS) is 39.1. The second-order valence-electron chi connectivity index (χ2n) is 4.18. The van der Waals surface area contributed by atoms with Crippen LogP contribution in [0, 0.1) is 17.8 Å². The molecule has 0 N–H and O–H groups in total. The van der Waals surface area contributed by atoms with Crippen molar-refractivity contribution >= 4 is 11.6 Å². The maximum Gasteiger partial charge on any atom is 0.136 e. The molecule has 0 bridgehead atoms. The van der Waals surface area contributed by atoms with Crippen molar-refractivity contribution in [3.63, 3.8) is 0 Å². The number of hydrogen-bond donors (Lipinski definition) is 0. The number of fused-ring (bicyclic) bond motifs is 1. The van der Waals surface area contributed by atoms with E-state index in [-0.39, 0.29) is 5.78 Å². The summed E-state index contributed by atoms with van der Waals surface area (Å²) in [5, 5.41) is 0. The third-order valence-electron chi connectivity index (χ3n) is 3.17. The van der Waals surface area contributed by atoms with Crippen molar-refractivity contribution in [2.75, 3.05) is 0 Å². The van der Waals surface area contributed by atoms with Crippen LogP contribution >= 0.6 is 0 Å². The van der Waals surface area contributed by atoms with E-state index < -0.39 is 0 Å². The van der Waals surface area contributed by atoms with E-state index in [1.54, 1.807) is 6.92 Å². The predicted molar refractivity (Wildman–Crippen MR) is 44.6 cm³/mol. The molecule has 2 fully saturated rings. The molecule has 2 aliphatic rings. The van der Waals surface area contributed by atoms with Gasteiger partial charge in [-0.05, 0) is 31.6 Å². The first-order valence-electron chi connectivity index (χ1n) is 4.70. The Morgan fingerprint density at radius 2 is 2.33 bits per heavy atom. The minimum atomic E-state index is 0.278. The molecule has 2 saturated carbocycles. The van der Waals surface area contributed by atoms with Gasteiger partial charge in [-0.25, -0.2) is 0 Å². The fourth-order valence-electron chi connectivity index (χ4n) is 2.46. The standard InChI is InChI=1S/C10H14O2/c1-6(11)4-7-2-3-10(12)9-5-8(7)9/h7-9H,2-5H2,1H3. The average Bonchev–Trinajstić information content (AvgIpc) is 2.73. The van der Waals surface area contributed by atoms with E-state index in [0.717, 1.165) is 19.3 Å². The summed E-state index contributed by atoms with van der Waals surface area (Å²) in [6.07, 6.45) is 3.45. The van der Waals surface area contributed by atoms with Crippen LogP contribution in [0.3, 0.4) is 0 Å². The number of rotatable bonds is 2. The molecule has 2 nitrogen and oxygen atoms in total. The zero-order chi connectivity index (χ0) is 8.72. The van der Waals surface area contributed by atoms with Crippen molar-refractivity contribution in [1.82, 2.24) is 0 Å². The summed E-state index contributed by atoms with van der Waals surface area (Å²) >= 11 is 0. The molecule has 0 saturated heterocycles. The van der Waals surface area contributed by atoms with Gasteiger partial charge in [-0.3, -0.25) is 4.79 Å². The number of ketones is 2. The van der Waals surface area contributed by atoms with Crippen LogP contribution in [0.25, 0.3) is 0 Å². The number of carbonyl (C=O) groups is 2. The van der Waals surface area contributed by atoms with Crippen LogP contribution in [0.1, 0.15) is 32.6 Å². The molecule has 0 aromatic rings. The third-order valence-corrected chi connectivity index (χ3v) is 3.17. The lowest BCUT2D eigenvalue weighted by atomic mass is 9.85. The molecule has 0 spiro atoms. The smallest absolute Gasteiger partial charge is 0.136 e. The highest BCUT2D eigenvalue weighted by Crippen LogP contribution is 2.51. The van der Waals surface area contributed by atoms with E-state index >= 15 is 0 Å². The van der Waals surface area contributed by atoms with Gasteiger partial charge in [0, 0.05) is 18.8 Å². The van der Waals surface area contributed by atoms with Crippen LogP contribution < -0.4 is 0 Å².